The number of rotatable bonds is 34. The van der Waals surface area contributed by atoms with Crippen LogP contribution in [-0.2, 0) is 62.3 Å². The predicted octanol–water partition coefficient (Wildman–Crippen LogP) is -4.92. The van der Waals surface area contributed by atoms with Gasteiger partial charge in [-0.1, -0.05) is 41.5 Å². The summed E-state index contributed by atoms with van der Waals surface area (Å²) in [7, 11) is 0. The molecule has 69 heavy (non-hydrogen) atoms. The van der Waals surface area contributed by atoms with Crippen molar-refractivity contribution in [2.24, 2.45) is 35.0 Å². The molecule has 0 aromatic rings. The smallest absolute Gasteiger partial charge is 0.326 e. The summed E-state index contributed by atoms with van der Waals surface area (Å²) in [6.07, 6.45) is -4.17. The fourth-order valence-electron chi connectivity index (χ4n) is 6.28. The zero-order valence-corrected chi connectivity index (χ0v) is 39.5. The summed E-state index contributed by atoms with van der Waals surface area (Å²) in [5.74, 6) is -17.9. The van der Waals surface area contributed by atoms with Crippen molar-refractivity contribution in [3.63, 3.8) is 0 Å². The van der Waals surface area contributed by atoms with Gasteiger partial charge in [0.05, 0.1) is 19.4 Å². The normalized spacial score (nSPS) is 14.5. The van der Waals surface area contributed by atoms with E-state index in [0.717, 1.165) is 0 Å². The number of amides is 9. The van der Waals surface area contributed by atoms with Crippen molar-refractivity contribution in [1.82, 2.24) is 42.5 Å². The molecule has 0 rings (SSSR count). The van der Waals surface area contributed by atoms with Crippen molar-refractivity contribution in [3.8, 4) is 0 Å². The third-order valence-corrected chi connectivity index (χ3v) is 10.1. The molecule has 0 heterocycles. The Morgan fingerprint density at radius 1 is 0.406 bits per heavy atom. The second-order valence-corrected chi connectivity index (χ2v) is 17.0. The second kappa shape index (κ2) is 31.1. The van der Waals surface area contributed by atoms with Crippen molar-refractivity contribution in [2.45, 2.75) is 148 Å². The van der Waals surface area contributed by atoms with E-state index >= 15 is 0 Å². The largest absolute Gasteiger partial charge is 0.481 e. The molecule has 0 aromatic carbocycles. The number of nitrogens with two attached hydrogens (primary N) is 3. The molecule has 0 aliphatic rings. The van der Waals surface area contributed by atoms with Gasteiger partial charge >= 0.3 is 23.9 Å². The number of carbonyl (C=O) groups excluding carboxylic acids is 9. The number of carboxylic acid groups (broad SMARTS) is 4. The lowest BCUT2D eigenvalue weighted by Gasteiger charge is -2.29. The summed E-state index contributed by atoms with van der Waals surface area (Å²) in [6.45, 7) is 8.99. The predicted molar refractivity (Wildman–Crippen MR) is 239 cm³/mol. The Kier molecular flexibility index (Phi) is 28.0. The number of nitrogens with one attached hydrogen (secondary N) is 8. The lowest BCUT2D eigenvalue weighted by atomic mass is 9.99. The topological polar surface area (TPSA) is 477 Å². The van der Waals surface area contributed by atoms with Gasteiger partial charge < -0.3 is 80.2 Å². The van der Waals surface area contributed by atoms with Crippen molar-refractivity contribution in [3.05, 3.63) is 0 Å². The van der Waals surface area contributed by atoms with Crippen LogP contribution in [0.3, 0.4) is 0 Å². The molecule has 8 atom stereocenters. The van der Waals surface area contributed by atoms with Gasteiger partial charge in [0.2, 0.25) is 53.2 Å². The van der Waals surface area contributed by atoms with Crippen LogP contribution in [0.2, 0.25) is 0 Å². The number of carbonyl (C=O) groups is 13. The molecule has 9 amide bonds. The van der Waals surface area contributed by atoms with E-state index in [-0.39, 0.29) is 13.0 Å². The van der Waals surface area contributed by atoms with Crippen LogP contribution in [0.4, 0.5) is 0 Å². The summed E-state index contributed by atoms with van der Waals surface area (Å²) in [5.41, 5.74) is 16.1. The SMILES string of the molecule is CC(C)[C@H](NC(=O)CN)C(=O)N[C@H](C(=O)N[C@@H](CC(=O)O)C(=O)N[C@@H](CC(=O)O)C(=O)N[C@@H](CCC(=O)O)C(=O)N[C@@H](CCC(N)=O)C(=O)N[C@H](C(=O)N[C@@H](CCCCN)C(=O)O)C(C)C)C(C)C. The van der Waals surface area contributed by atoms with Crippen molar-refractivity contribution in [1.29, 1.82) is 0 Å². The van der Waals surface area contributed by atoms with E-state index in [1.807, 2.05) is 5.32 Å². The fourth-order valence-corrected chi connectivity index (χ4v) is 6.28. The molecule has 0 radical (unpaired) electrons. The molecule has 0 unspecified atom stereocenters. The van der Waals surface area contributed by atoms with Crippen LogP contribution in [0.15, 0.2) is 0 Å². The monoisotopic (exact) mass is 987 g/mol. The van der Waals surface area contributed by atoms with Crippen LogP contribution in [-0.4, -0.2) is 159 Å². The number of carboxylic acids is 4. The summed E-state index contributed by atoms with van der Waals surface area (Å²) < 4.78 is 0. The van der Waals surface area contributed by atoms with Crippen LogP contribution < -0.4 is 59.7 Å². The summed E-state index contributed by atoms with van der Waals surface area (Å²) >= 11 is 0. The molecule has 0 spiro atoms. The molecule has 0 aliphatic heterocycles. The van der Waals surface area contributed by atoms with Gasteiger partial charge in [-0.2, -0.15) is 0 Å². The van der Waals surface area contributed by atoms with Gasteiger partial charge in [0, 0.05) is 12.8 Å². The molecular weight excluding hydrogens is 919 g/mol. The maximum atomic E-state index is 13.8. The Morgan fingerprint density at radius 2 is 0.754 bits per heavy atom. The molecule has 0 fully saturated rings. The van der Waals surface area contributed by atoms with Crippen molar-refractivity contribution in [2.75, 3.05) is 13.1 Å². The number of hydrogen-bond acceptors (Lipinski definition) is 15. The number of aliphatic carboxylic acids is 4. The van der Waals surface area contributed by atoms with E-state index < -0.39 is 188 Å². The molecule has 0 saturated carbocycles. The van der Waals surface area contributed by atoms with E-state index in [9.17, 15) is 82.8 Å². The van der Waals surface area contributed by atoms with Crippen molar-refractivity contribution < 1.29 is 82.8 Å². The third kappa shape index (κ3) is 24.1. The van der Waals surface area contributed by atoms with Gasteiger partial charge in [-0.05, 0) is 56.4 Å². The van der Waals surface area contributed by atoms with Gasteiger partial charge in [0.25, 0.3) is 0 Å². The standard InChI is InChI=1S/C41H69N11O17/c1-18(2)31(50-27(54)17-43)40(67)52-33(20(5)6)39(66)49-25(16-30(59)60)37(64)48-24(15-29(57)58)36(63)46-22(11-13-28(55)56)34(61)45-21(10-12-26(44)53)35(62)51-32(19(3)4)38(65)47-23(41(68)69)9-7-8-14-42/h18-25,31-33H,7-17,42-43H2,1-6H3,(H2,44,53)(H,45,61)(H,46,63)(H,47,65)(H,48,64)(H,49,66)(H,50,54)(H,51,62)(H,52,67)(H,55,56)(H,57,58)(H,59,60)(H,68,69)/t21-,22-,23-,24-,25-,31-,32-,33-/m0/s1. The minimum atomic E-state index is -2.15. The van der Waals surface area contributed by atoms with Gasteiger partial charge in [-0.15, -0.1) is 0 Å². The Balaban J connectivity index is 6.68. The first kappa shape index (κ1) is 62.0. The second-order valence-electron chi connectivity index (χ2n) is 17.0. The Morgan fingerprint density at radius 3 is 1.13 bits per heavy atom. The number of unbranched alkanes of at least 4 members (excludes halogenated alkanes) is 1. The summed E-state index contributed by atoms with van der Waals surface area (Å²) in [4.78, 5) is 166. The lowest BCUT2D eigenvalue weighted by molar-refractivity contribution is -0.144. The Bertz CT molecular complexity index is 1860. The first-order chi connectivity index (χ1) is 32.1. The molecule has 18 N–H and O–H groups in total. The van der Waals surface area contributed by atoms with Gasteiger partial charge in [-0.25, -0.2) is 4.79 Å². The van der Waals surface area contributed by atoms with Gasteiger partial charge in [0.1, 0.15) is 48.3 Å². The van der Waals surface area contributed by atoms with E-state index in [0.29, 0.717) is 12.8 Å². The summed E-state index contributed by atoms with van der Waals surface area (Å²) in [6, 6.07) is -13.2. The van der Waals surface area contributed by atoms with Crippen LogP contribution in [0.1, 0.15) is 99.3 Å². The molecule has 0 bridgehead atoms. The van der Waals surface area contributed by atoms with Gasteiger partial charge in [-0.3, -0.25) is 57.5 Å². The molecule has 28 nitrogen and oxygen atoms in total. The first-order valence-electron chi connectivity index (χ1n) is 22.0. The van der Waals surface area contributed by atoms with E-state index in [1.165, 1.54) is 27.7 Å². The quantitative estimate of drug-likeness (QED) is 0.0269. The highest BCUT2D eigenvalue weighted by atomic mass is 16.4. The maximum Gasteiger partial charge on any atom is 0.326 e. The van der Waals surface area contributed by atoms with E-state index in [4.69, 9.17) is 17.2 Å². The third-order valence-electron chi connectivity index (χ3n) is 10.1. The first-order valence-corrected chi connectivity index (χ1v) is 22.0. The molecule has 28 heteroatoms. The highest BCUT2D eigenvalue weighted by molar-refractivity contribution is 5.99. The van der Waals surface area contributed by atoms with E-state index in [1.54, 1.807) is 13.8 Å². The highest BCUT2D eigenvalue weighted by Gasteiger charge is 2.37. The van der Waals surface area contributed by atoms with E-state index in [2.05, 4.69) is 37.2 Å². The lowest BCUT2D eigenvalue weighted by Crippen LogP contribution is -2.61. The average molecular weight is 988 g/mol. The molecule has 390 valence electrons. The highest BCUT2D eigenvalue weighted by Crippen LogP contribution is 2.11. The minimum absolute atomic E-state index is 0.00713. The Hall–Kier alpha value is -6.97. The number of hydrogen-bond donors (Lipinski definition) is 15. The zero-order chi connectivity index (χ0) is 53.3. The van der Waals surface area contributed by atoms with Crippen LogP contribution >= 0.6 is 0 Å². The van der Waals surface area contributed by atoms with Gasteiger partial charge in [0.15, 0.2) is 0 Å². The molecule has 0 saturated heterocycles. The Labute approximate surface area is 397 Å². The van der Waals surface area contributed by atoms with Crippen LogP contribution in [0, 0.1) is 17.8 Å². The summed E-state index contributed by atoms with van der Waals surface area (Å²) in [5, 5.41) is 56.4. The molecule has 0 aromatic heterocycles. The zero-order valence-electron chi connectivity index (χ0n) is 39.5. The molecule has 0 aliphatic carbocycles. The average Bonchev–Trinajstić information content (AvgIpc) is 3.24. The molecular formula is C41H69N11O17. The number of primary amides is 1. The fraction of sp³-hybridized carbons (Fsp3) is 0.683. The maximum absolute atomic E-state index is 13.8. The van der Waals surface area contributed by atoms with Crippen LogP contribution in [0.25, 0.3) is 0 Å². The van der Waals surface area contributed by atoms with Crippen molar-refractivity contribution >= 4 is 77.0 Å². The minimum Gasteiger partial charge on any atom is -0.481 e. The van der Waals surface area contributed by atoms with Crippen LogP contribution in [0.5, 0.6) is 0 Å².